The van der Waals surface area contributed by atoms with E-state index in [1.165, 1.54) is 12.3 Å². The molecule has 4 aromatic heterocycles. The third-order valence-corrected chi connectivity index (χ3v) is 7.50. The van der Waals surface area contributed by atoms with Crippen molar-refractivity contribution in [2.24, 2.45) is 5.92 Å². The number of aryl methyl sites for hydroxylation is 1. The number of halogens is 1. The van der Waals surface area contributed by atoms with E-state index in [1.807, 2.05) is 24.8 Å². The van der Waals surface area contributed by atoms with Crippen LogP contribution in [-0.4, -0.2) is 64.9 Å². The molecule has 0 spiro atoms. The van der Waals surface area contributed by atoms with Crippen molar-refractivity contribution in [3.63, 3.8) is 0 Å². The van der Waals surface area contributed by atoms with Gasteiger partial charge in [-0.25, -0.2) is 18.1 Å². The molecule has 0 saturated carbocycles. The van der Waals surface area contributed by atoms with E-state index in [0.717, 1.165) is 16.6 Å². The summed E-state index contributed by atoms with van der Waals surface area (Å²) in [4.78, 5) is 15.0. The van der Waals surface area contributed by atoms with Gasteiger partial charge < -0.3 is 9.64 Å². The van der Waals surface area contributed by atoms with Crippen LogP contribution >= 0.6 is 0 Å². The van der Waals surface area contributed by atoms with Crippen molar-refractivity contribution in [2.45, 2.75) is 19.9 Å². The number of nitrogens with zero attached hydrogens (tertiary/aromatic N) is 6. The maximum atomic E-state index is 14.6. The van der Waals surface area contributed by atoms with Crippen LogP contribution in [0.4, 0.5) is 10.1 Å². The number of rotatable bonds is 6. The fraction of sp³-hybridized carbons (Fsp3) is 0.333. The van der Waals surface area contributed by atoms with Gasteiger partial charge in [0.1, 0.15) is 15.6 Å². The number of anilines is 1. The molecule has 1 fully saturated rings. The minimum atomic E-state index is -3.08. The fourth-order valence-corrected chi connectivity index (χ4v) is 5.77. The number of aromatic nitrogens is 5. The second kappa shape index (κ2) is 8.56. The van der Waals surface area contributed by atoms with Crippen molar-refractivity contribution >= 4 is 26.4 Å². The predicted molar refractivity (Wildman–Crippen MR) is 131 cm³/mol. The summed E-state index contributed by atoms with van der Waals surface area (Å²) in [7, 11) is -1.49. The number of sulfone groups is 1. The summed E-state index contributed by atoms with van der Waals surface area (Å²) in [6.07, 6.45) is 6.25. The molecule has 0 unspecified atom stereocenters. The first kappa shape index (κ1) is 23.2. The van der Waals surface area contributed by atoms with Crippen molar-refractivity contribution in [3.05, 3.63) is 54.5 Å². The Morgan fingerprint density at radius 2 is 2.00 bits per heavy atom. The van der Waals surface area contributed by atoms with Crippen LogP contribution in [0, 0.1) is 18.8 Å². The summed E-state index contributed by atoms with van der Waals surface area (Å²) in [5, 5.41) is 5.29. The smallest absolute Gasteiger partial charge is 0.216 e. The lowest BCUT2D eigenvalue weighted by Crippen LogP contribution is -2.57. The van der Waals surface area contributed by atoms with Crippen LogP contribution in [0.25, 0.3) is 28.0 Å². The minimum absolute atomic E-state index is 0.000884. The summed E-state index contributed by atoms with van der Waals surface area (Å²) >= 11 is 0. The lowest BCUT2D eigenvalue weighted by Gasteiger charge is -2.47. The van der Waals surface area contributed by atoms with E-state index in [0.29, 0.717) is 35.0 Å². The predicted octanol–water partition coefficient (Wildman–Crippen LogP) is 3.20. The first-order chi connectivity index (χ1) is 16.6. The Hall–Kier alpha value is -3.60. The molecule has 4 aromatic rings. The number of hydrogen-bond acceptors (Lipinski definition) is 8. The van der Waals surface area contributed by atoms with Crippen LogP contribution in [0.1, 0.15) is 12.6 Å². The molecule has 0 amide bonds. The van der Waals surface area contributed by atoms with Crippen LogP contribution in [0.5, 0.6) is 5.75 Å². The molecule has 182 valence electrons. The van der Waals surface area contributed by atoms with Gasteiger partial charge in [0.15, 0.2) is 5.82 Å². The van der Waals surface area contributed by atoms with E-state index in [-0.39, 0.29) is 17.7 Å². The average Bonchev–Trinajstić information content (AvgIpc) is 3.25. The van der Waals surface area contributed by atoms with E-state index in [2.05, 4.69) is 15.1 Å². The molecule has 1 saturated heterocycles. The molecule has 5 rings (SSSR count). The lowest BCUT2D eigenvalue weighted by atomic mass is 9.91. The maximum Gasteiger partial charge on any atom is 0.216 e. The Morgan fingerprint density at radius 3 is 2.71 bits per heavy atom. The highest BCUT2D eigenvalue weighted by Gasteiger charge is 2.38. The maximum absolute atomic E-state index is 14.6. The molecule has 5 heterocycles. The van der Waals surface area contributed by atoms with Crippen LogP contribution in [-0.2, 0) is 9.84 Å². The molecule has 1 aliphatic rings. The van der Waals surface area contributed by atoms with Crippen molar-refractivity contribution < 1.29 is 17.5 Å². The SMILES string of the molecule is COc1ccncc1-c1cc2c(cnn2-c2cc(N3C[C@H](CS(C)(=O)=O)[C@H]3C)cc(F)n2)c(C)n1. The van der Waals surface area contributed by atoms with Crippen molar-refractivity contribution in [1.29, 1.82) is 0 Å². The quantitative estimate of drug-likeness (QED) is 0.375. The van der Waals surface area contributed by atoms with Gasteiger partial charge in [0.25, 0.3) is 0 Å². The van der Waals surface area contributed by atoms with Gasteiger partial charge >= 0.3 is 0 Å². The number of fused-ring (bicyclic) bond motifs is 1. The summed E-state index contributed by atoms with van der Waals surface area (Å²) in [6, 6.07) is 6.71. The normalized spacial score (nSPS) is 18.0. The molecule has 0 N–H and O–H groups in total. The first-order valence-corrected chi connectivity index (χ1v) is 13.2. The molecule has 0 radical (unpaired) electrons. The van der Waals surface area contributed by atoms with Gasteiger partial charge in [-0.05, 0) is 26.0 Å². The molecule has 0 aromatic carbocycles. The molecular formula is C24H25FN6O3S. The monoisotopic (exact) mass is 496 g/mol. The van der Waals surface area contributed by atoms with Crippen LogP contribution in [0.2, 0.25) is 0 Å². The molecule has 9 nitrogen and oxygen atoms in total. The highest BCUT2D eigenvalue weighted by Crippen LogP contribution is 2.34. The highest BCUT2D eigenvalue weighted by molar-refractivity contribution is 7.90. The van der Waals surface area contributed by atoms with Crippen molar-refractivity contribution in [2.75, 3.05) is 30.6 Å². The summed E-state index contributed by atoms with van der Waals surface area (Å²) < 4.78 is 45.1. The standard InChI is InChI=1S/C24H25FN6O3S/c1-14-18-11-27-31(21(18)9-20(28-14)19-10-26-6-5-22(19)34-3)24-8-17(7-23(25)29-24)30-12-16(15(30)2)13-35(4,32)33/h5-11,15-16H,12-13H2,1-4H3/t15-,16-/m1/s1. The Morgan fingerprint density at radius 1 is 1.20 bits per heavy atom. The second-order valence-corrected chi connectivity index (χ2v) is 11.1. The number of hydrogen-bond donors (Lipinski definition) is 0. The van der Waals surface area contributed by atoms with Gasteiger partial charge in [-0.15, -0.1) is 0 Å². The number of ether oxygens (including phenoxy) is 1. The zero-order chi connectivity index (χ0) is 24.9. The summed E-state index contributed by atoms with van der Waals surface area (Å²) in [6.45, 7) is 4.36. The van der Waals surface area contributed by atoms with E-state index in [4.69, 9.17) is 9.72 Å². The topological polar surface area (TPSA) is 103 Å². The van der Waals surface area contributed by atoms with E-state index in [1.54, 1.807) is 42.5 Å². The van der Waals surface area contributed by atoms with E-state index in [9.17, 15) is 12.8 Å². The Kier molecular flexibility index (Phi) is 5.66. The van der Waals surface area contributed by atoms with Crippen LogP contribution in [0.15, 0.2) is 42.9 Å². The number of methoxy groups -OCH3 is 1. The minimum Gasteiger partial charge on any atom is -0.496 e. The van der Waals surface area contributed by atoms with Crippen molar-refractivity contribution in [1.82, 2.24) is 24.7 Å². The molecule has 0 bridgehead atoms. The lowest BCUT2D eigenvalue weighted by molar-refractivity contribution is 0.340. The first-order valence-electron chi connectivity index (χ1n) is 11.1. The van der Waals surface area contributed by atoms with Gasteiger partial charge in [0, 0.05) is 66.1 Å². The second-order valence-electron chi connectivity index (χ2n) is 8.91. The fourth-order valence-electron chi connectivity index (χ4n) is 4.60. The molecule has 0 aliphatic carbocycles. The van der Waals surface area contributed by atoms with Crippen molar-refractivity contribution in [3.8, 4) is 22.8 Å². The molecule has 35 heavy (non-hydrogen) atoms. The van der Waals surface area contributed by atoms with Gasteiger partial charge in [-0.3, -0.25) is 9.97 Å². The third kappa shape index (κ3) is 4.31. The van der Waals surface area contributed by atoms with Gasteiger partial charge in [0.05, 0.1) is 35.8 Å². The summed E-state index contributed by atoms with van der Waals surface area (Å²) in [5.74, 6) is 0.435. The zero-order valence-electron chi connectivity index (χ0n) is 19.8. The molecule has 2 atom stereocenters. The molecule has 11 heteroatoms. The molecular weight excluding hydrogens is 471 g/mol. The Labute approximate surface area is 202 Å². The third-order valence-electron chi connectivity index (χ3n) is 6.47. The summed E-state index contributed by atoms with van der Waals surface area (Å²) in [5.41, 5.74) is 3.49. The largest absolute Gasteiger partial charge is 0.496 e. The zero-order valence-corrected chi connectivity index (χ0v) is 20.6. The van der Waals surface area contributed by atoms with E-state index < -0.39 is 15.8 Å². The van der Waals surface area contributed by atoms with Gasteiger partial charge in [-0.1, -0.05) is 0 Å². The van der Waals surface area contributed by atoms with Gasteiger partial charge in [0.2, 0.25) is 5.95 Å². The van der Waals surface area contributed by atoms with Crippen LogP contribution < -0.4 is 9.64 Å². The van der Waals surface area contributed by atoms with Crippen LogP contribution in [0.3, 0.4) is 0 Å². The van der Waals surface area contributed by atoms with Gasteiger partial charge in [-0.2, -0.15) is 9.49 Å². The van der Waals surface area contributed by atoms with E-state index >= 15 is 0 Å². The highest BCUT2D eigenvalue weighted by atomic mass is 32.2. The Bertz CT molecular complexity index is 1540. The Balaban J connectivity index is 1.55. The molecule has 1 aliphatic heterocycles. The number of pyridine rings is 3. The average molecular weight is 497 g/mol.